The SMILES string of the molecule is CC=C1NC(c2cccc(-c3cccc(-c4ccccc4)c3)c2)=NC12CCN(O/C=C/c1c(C)cc(N(C)C(N)=O)cc1C)CC2. The molecule has 6 rings (SSSR count). The molecule has 2 amide bonds. The first-order chi connectivity index (χ1) is 22.3. The maximum atomic E-state index is 11.6. The normalized spacial score (nSPS) is 16.9. The Hall–Kier alpha value is -5.14. The first-order valence-corrected chi connectivity index (χ1v) is 15.8. The molecular formula is C39H41N5O2. The second-order valence-corrected chi connectivity index (χ2v) is 12.1. The van der Waals surface area contributed by atoms with Gasteiger partial charge in [0, 0.05) is 37.1 Å². The number of rotatable bonds is 7. The van der Waals surface area contributed by atoms with Crippen LogP contribution in [0.15, 0.2) is 114 Å². The Morgan fingerprint density at radius 3 is 2.04 bits per heavy atom. The van der Waals surface area contributed by atoms with Gasteiger partial charge in [-0.1, -0.05) is 72.8 Å². The smallest absolute Gasteiger partial charge is 0.318 e. The predicted octanol–water partition coefficient (Wildman–Crippen LogP) is 7.84. The van der Waals surface area contributed by atoms with Gasteiger partial charge in [-0.05, 0) is 103 Å². The van der Waals surface area contributed by atoms with Crippen LogP contribution in [0.3, 0.4) is 0 Å². The Kier molecular flexibility index (Phi) is 8.77. The molecule has 2 heterocycles. The first-order valence-electron chi connectivity index (χ1n) is 15.8. The highest BCUT2D eigenvalue weighted by Gasteiger charge is 2.42. The van der Waals surface area contributed by atoms with Gasteiger partial charge < -0.3 is 15.9 Å². The van der Waals surface area contributed by atoms with Crippen molar-refractivity contribution in [3.63, 3.8) is 0 Å². The second kappa shape index (κ2) is 13.1. The van der Waals surface area contributed by atoms with Crippen LogP contribution in [0, 0.1) is 13.8 Å². The monoisotopic (exact) mass is 611 g/mol. The summed E-state index contributed by atoms with van der Waals surface area (Å²) in [5, 5.41) is 5.65. The molecule has 4 aromatic carbocycles. The molecule has 0 aliphatic carbocycles. The molecule has 1 spiro atoms. The van der Waals surface area contributed by atoms with E-state index in [1.54, 1.807) is 13.3 Å². The summed E-state index contributed by atoms with van der Waals surface area (Å²) in [6.07, 6.45) is 7.59. The van der Waals surface area contributed by atoms with Gasteiger partial charge in [-0.25, -0.2) is 4.79 Å². The van der Waals surface area contributed by atoms with Crippen LogP contribution in [0.5, 0.6) is 0 Å². The van der Waals surface area contributed by atoms with Gasteiger partial charge in [0.05, 0.1) is 0 Å². The number of carbonyl (C=O) groups is 1. The van der Waals surface area contributed by atoms with Gasteiger partial charge >= 0.3 is 6.03 Å². The van der Waals surface area contributed by atoms with Crippen LogP contribution < -0.4 is 16.0 Å². The number of urea groups is 1. The molecule has 4 aromatic rings. The number of benzene rings is 4. The Labute approximate surface area is 271 Å². The van der Waals surface area contributed by atoms with Crippen LogP contribution in [-0.2, 0) is 4.84 Å². The summed E-state index contributed by atoms with van der Waals surface area (Å²) in [4.78, 5) is 24.4. The largest absolute Gasteiger partial charge is 0.414 e. The highest BCUT2D eigenvalue weighted by molar-refractivity contribution is 6.03. The third-order valence-electron chi connectivity index (χ3n) is 9.10. The molecular weight excluding hydrogens is 570 g/mol. The standard InChI is InChI=1S/C39H41N5O2/c1-5-36-39(18-20-44(21-19-39)46-22-17-35-27(2)23-34(24-28(35)3)43(4)38(40)45)42-37(41-36)33-16-10-15-32(26-33)31-14-9-13-30(25-31)29-11-7-6-8-12-29/h5-17,22-26H,18-21H2,1-4H3,(H2,40,45)(H,41,42)/b22-17+,36-5?. The first kappa shape index (κ1) is 30.9. The fraction of sp³-hybridized carbons (Fsp3) is 0.231. The maximum Gasteiger partial charge on any atom is 0.318 e. The van der Waals surface area contributed by atoms with Crippen molar-refractivity contribution in [1.29, 1.82) is 0 Å². The van der Waals surface area contributed by atoms with E-state index < -0.39 is 6.03 Å². The van der Waals surface area contributed by atoms with Crippen molar-refractivity contribution in [1.82, 2.24) is 10.4 Å². The molecule has 1 fully saturated rings. The number of aliphatic imine (C=N–C) groups is 1. The number of hydrogen-bond acceptors (Lipinski definition) is 5. The lowest BCUT2D eigenvalue weighted by Crippen LogP contribution is -2.43. The Morgan fingerprint density at radius 1 is 0.870 bits per heavy atom. The maximum absolute atomic E-state index is 11.6. The number of anilines is 1. The Bertz CT molecular complexity index is 1810. The summed E-state index contributed by atoms with van der Waals surface area (Å²) < 4.78 is 0. The zero-order valence-corrected chi connectivity index (χ0v) is 27.0. The van der Waals surface area contributed by atoms with Crippen LogP contribution in [0.4, 0.5) is 10.5 Å². The molecule has 0 bridgehead atoms. The van der Waals surface area contributed by atoms with E-state index in [0.29, 0.717) is 0 Å². The topological polar surface area (TPSA) is 83.2 Å². The van der Waals surface area contributed by atoms with Gasteiger partial charge in [-0.15, -0.1) is 5.06 Å². The minimum Gasteiger partial charge on any atom is -0.414 e. The highest BCUT2D eigenvalue weighted by atomic mass is 16.7. The Balaban J connectivity index is 1.14. The molecule has 46 heavy (non-hydrogen) atoms. The summed E-state index contributed by atoms with van der Waals surface area (Å²) in [6.45, 7) is 7.64. The van der Waals surface area contributed by atoms with E-state index in [4.69, 9.17) is 15.6 Å². The molecule has 234 valence electrons. The number of nitrogens with zero attached hydrogens (tertiary/aromatic N) is 3. The van der Waals surface area contributed by atoms with Gasteiger partial charge in [0.2, 0.25) is 0 Å². The minimum absolute atomic E-state index is 0.285. The molecule has 2 aliphatic rings. The number of amides is 2. The number of hydrogen-bond donors (Lipinski definition) is 2. The molecule has 3 N–H and O–H groups in total. The average molecular weight is 612 g/mol. The van der Waals surface area contributed by atoms with Crippen LogP contribution in [0.2, 0.25) is 0 Å². The van der Waals surface area contributed by atoms with Gasteiger partial charge in [-0.2, -0.15) is 0 Å². The molecule has 0 unspecified atom stereocenters. The predicted molar refractivity (Wildman–Crippen MR) is 188 cm³/mol. The molecule has 1 saturated heterocycles. The molecule has 7 heteroatoms. The molecule has 0 atom stereocenters. The third-order valence-corrected chi connectivity index (χ3v) is 9.10. The number of nitrogens with two attached hydrogens (primary N) is 1. The van der Waals surface area contributed by atoms with Gasteiger partial charge in [0.1, 0.15) is 17.6 Å². The minimum atomic E-state index is -0.485. The van der Waals surface area contributed by atoms with Crippen molar-refractivity contribution < 1.29 is 9.63 Å². The van der Waals surface area contributed by atoms with Crippen LogP contribution in [0.25, 0.3) is 28.3 Å². The van der Waals surface area contributed by atoms with Gasteiger partial charge in [0.15, 0.2) is 0 Å². The van der Waals surface area contributed by atoms with Gasteiger partial charge in [-0.3, -0.25) is 9.89 Å². The third kappa shape index (κ3) is 6.32. The van der Waals surface area contributed by atoms with E-state index in [-0.39, 0.29) is 5.54 Å². The van der Waals surface area contributed by atoms with Crippen molar-refractivity contribution in [2.75, 3.05) is 25.0 Å². The van der Waals surface area contributed by atoms with Crippen molar-refractivity contribution in [2.24, 2.45) is 10.7 Å². The zero-order valence-electron chi connectivity index (χ0n) is 27.0. The van der Waals surface area contributed by atoms with E-state index in [2.05, 4.69) is 91.1 Å². The quantitative estimate of drug-likeness (QED) is 0.209. The number of primary amides is 1. The number of aryl methyl sites for hydroxylation is 2. The fourth-order valence-electron chi connectivity index (χ4n) is 6.44. The molecule has 0 saturated carbocycles. The van der Waals surface area contributed by atoms with E-state index in [9.17, 15) is 4.79 Å². The lowest BCUT2D eigenvalue weighted by molar-refractivity contribution is -0.121. The molecule has 0 aromatic heterocycles. The molecule has 0 radical (unpaired) electrons. The number of hydroxylamine groups is 2. The number of piperidine rings is 1. The van der Waals surface area contributed by atoms with E-state index >= 15 is 0 Å². The zero-order chi connectivity index (χ0) is 32.3. The fourth-order valence-corrected chi connectivity index (χ4v) is 6.44. The number of allylic oxidation sites excluding steroid dienone is 1. The van der Waals surface area contributed by atoms with E-state index in [0.717, 1.165) is 71.0 Å². The van der Waals surface area contributed by atoms with Crippen molar-refractivity contribution >= 4 is 23.6 Å². The van der Waals surface area contributed by atoms with Crippen molar-refractivity contribution in [3.8, 4) is 22.3 Å². The summed E-state index contributed by atoms with van der Waals surface area (Å²) in [5.74, 6) is 0.916. The van der Waals surface area contributed by atoms with Crippen molar-refractivity contribution in [3.05, 3.63) is 131 Å². The second-order valence-electron chi connectivity index (χ2n) is 12.1. The molecule has 2 aliphatic heterocycles. The van der Waals surface area contributed by atoms with Crippen molar-refractivity contribution in [2.45, 2.75) is 39.2 Å². The van der Waals surface area contributed by atoms with E-state index in [1.165, 1.54) is 21.6 Å². The lowest BCUT2D eigenvalue weighted by atomic mass is 9.86. The summed E-state index contributed by atoms with van der Waals surface area (Å²) in [5.41, 5.74) is 16.1. The number of carbonyl (C=O) groups excluding carboxylic acids is 1. The summed E-state index contributed by atoms with van der Waals surface area (Å²) in [7, 11) is 1.67. The Morgan fingerprint density at radius 2 is 1.43 bits per heavy atom. The van der Waals surface area contributed by atoms with Crippen LogP contribution in [-0.4, -0.2) is 42.6 Å². The summed E-state index contributed by atoms with van der Waals surface area (Å²) >= 11 is 0. The molecule has 7 nitrogen and oxygen atoms in total. The highest BCUT2D eigenvalue weighted by Crippen LogP contribution is 2.37. The average Bonchev–Trinajstić information content (AvgIpc) is 3.44. The lowest BCUT2D eigenvalue weighted by Gasteiger charge is -2.36. The van der Waals surface area contributed by atoms with Crippen LogP contribution >= 0.6 is 0 Å². The van der Waals surface area contributed by atoms with Crippen LogP contribution in [0.1, 0.15) is 42.0 Å². The van der Waals surface area contributed by atoms with Gasteiger partial charge in [0.25, 0.3) is 0 Å². The van der Waals surface area contributed by atoms with E-state index in [1.807, 2.05) is 43.2 Å². The summed E-state index contributed by atoms with van der Waals surface area (Å²) in [6, 6.07) is 31.3. The number of amidine groups is 1. The number of nitrogens with one attached hydrogen (secondary N) is 1.